The van der Waals surface area contributed by atoms with Crippen molar-refractivity contribution in [3.05, 3.63) is 0 Å². The van der Waals surface area contributed by atoms with E-state index in [-0.39, 0.29) is 0 Å². The van der Waals surface area contributed by atoms with Crippen molar-refractivity contribution in [2.45, 2.75) is 39.0 Å². The van der Waals surface area contributed by atoms with Gasteiger partial charge in [0.1, 0.15) is 0 Å². The summed E-state index contributed by atoms with van der Waals surface area (Å²) in [6, 6.07) is 0. The van der Waals surface area contributed by atoms with Gasteiger partial charge in [-0.25, -0.2) is 0 Å². The predicted octanol–water partition coefficient (Wildman–Crippen LogP) is 0.666. The first-order valence-corrected chi connectivity index (χ1v) is 9.89. The largest absolute Gasteiger partial charge is 0.379 e. The smallest absolute Gasteiger partial charge is 0.222 e. The molecule has 2 saturated heterocycles. The van der Waals surface area contributed by atoms with Crippen molar-refractivity contribution in [1.82, 2.24) is 20.4 Å². The first kappa shape index (κ1) is 20.0. The number of carbonyl (C=O) groups excluding carboxylic acids is 1. The van der Waals surface area contributed by atoms with Gasteiger partial charge in [0, 0.05) is 52.2 Å². The van der Waals surface area contributed by atoms with Gasteiger partial charge in [0.15, 0.2) is 5.96 Å². The maximum atomic E-state index is 11.6. The molecule has 0 aromatic rings. The fraction of sp³-hybridized carbons (Fsp3) is 0.889. The van der Waals surface area contributed by atoms with Crippen LogP contribution in [0.5, 0.6) is 0 Å². The van der Waals surface area contributed by atoms with Gasteiger partial charge in [0.05, 0.1) is 13.2 Å². The molecule has 144 valence electrons. The van der Waals surface area contributed by atoms with Crippen molar-refractivity contribution in [2.75, 3.05) is 65.6 Å². The number of aliphatic imine (C=N–C) groups is 1. The number of amides is 1. The highest BCUT2D eigenvalue weighted by Gasteiger charge is 2.18. The quantitative estimate of drug-likeness (QED) is 0.343. The lowest BCUT2D eigenvalue weighted by atomic mass is 10.3. The summed E-state index contributed by atoms with van der Waals surface area (Å²) in [6.45, 7) is 11.4. The SMILES string of the molecule is CCNC(=NCCCN1CCCC1=O)NCCCCN1CCOCC1. The number of likely N-dealkylation sites (tertiary alicyclic amines) is 1. The number of hydrogen-bond donors (Lipinski definition) is 2. The molecule has 0 bridgehead atoms. The van der Waals surface area contributed by atoms with Crippen molar-refractivity contribution in [1.29, 1.82) is 0 Å². The van der Waals surface area contributed by atoms with Crippen LogP contribution in [-0.4, -0.2) is 87.2 Å². The van der Waals surface area contributed by atoms with E-state index in [9.17, 15) is 4.79 Å². The van der Waals surface area contributed by atoms with Gasteiger partial charge in [-0.15, -0.1) is 0 Å². The molecule has 0 radical (unpaired) electrons. The molecule has 7 heteroatoms. The predicted molar refractivity (Wildman–Crippen MR) is 101 cm³/mol. The summed E-state index contributed by atoms with van der Waals surface area (Å²) in [5.74, 6) is 1.19. The molecular weight excluding hydrogens is 318 g/mol. The number of nitrogens with one attached hydrogen (secondary N) is 2. The van der Waals surface area contributed by atoms with Crippen LogP contribution in [-0.2, 0) is 9.53 Å². The molecule has 2 fully saturated rings. The Bertz CT molecular complexity index is 410. The molecule has 0 aromatic heterocycles. The number of nitrogens with zero attached hydrogens (tertiary/aromatic N) is 3. The fourth-order valence-corrected chi connectivity index (χ4v) is 3.23. The van der Waals surface area contributed by atoms with Gasteiger partial charge in [-0.05, 0) is 39.2 Å². The third-order valence-corrected chi connectivity index (χ3v) is 4.67. The summed E-state index contributed by atoms with van der Waals surface area (Å²) in [5, 5.41) is 6.70. The van der Waals surface area contributed by atoms with Gasteiger partial charge in [-0.3, -0.25) is 14.7 Å². The highest BCUT2D eigenvalue weighted by molar-refractivity contribution is 5.79. The zero-order chi connectivity index (χ0) is 17.7. The molecule has 0 atom stereocenters. The van der Waals surface area contributed by atoms with E-state index in [2.05, 4.69) is 27.4 Å². The highest BCUT2D eigenvalue weighted by Crippen LogP contribution is 2.09. The van der Waals surface area contributed by atoms with Crippen LogP contribution in [0.3, 0.4) is 0 Å². The molecule has 0 saturated carbocycles. The van der Waals surface area contributed by atoms with Crippen LogP contribution in [0.4, 0.5) is 0 Å². The van der Waals surface area contributed by atoms with E-state index in [0.717, 1.165) is 97.2 Å². The lowest BCUT2D eigenvalue weighted by Gasteiger charge is -2.26. The van der Waals surface area contributed by atoms with E-state index >= 15 is 0 Å². The molecular formula is C18H35N5O2. The Labute approximate surface area is 152 Å². The van der Waals surface area contributed by atoms with Crippen molar-refractivity contribution in [2.24, 2.45) is 4.99 Å². The van der Waals surface area contributed by atoms with E-state index in [1.165, 1.54) is 6.42 Å². The van der Waals surface area contributed by atoms with E-state index in [1.54, 1.807) is 0 Å². The number of morpholine rings is 1. The number of hydrogen-bond acceptors (Lipinski definition) is 4. The monoisotopic (exact) mass is 353 g/mol. The lowest BCUT2D eigenvalue weighted by molar-refractivity contribution is -0.127. The first-order chi connectivity index (χ1) is 12.3. The first-order valence-electron chi connectivity index (χ1n) is 9.89. The van der Waals surface area contributed by atoms with Crippen LogP contribution in [0.15, 0.2) is 4.99 Å². The van der Waals surface area contributed by atoms with Crippen LogP contribution in [0, 0.1) is 0 Å². The Hall–Kier alpha value is -1.34. The maximum absolute atomic E-state index is 11.6. The second-order valence-electron chi connectivity index (χ2n) is 6.69. The minimum absolute atomic E-state index is 0.300. The Kier molecular flexibility index (Phi) is 9.66. The molecule has 7 nitrogen and oxygen atoms in total. The van der Waals surface area contributed by atoms with E-state index in [0.29, 0.717) is 5.91 Å². The molecule has 2 heterocycles. The fourth-order valence-electron chi connectivity index (χ4n) is 3.23. The molecule has 0 aromatic carbocycles. The minimum atomic E-state index is 0.300. The zero-order valence-corrected chi connectivity index (χ0v) is 15.8. The van der Waals surface area contributed by atoms with Crippen LogP contribution >= 0.6 is 0 Å². The Morgan fingerprint density at radius 1 is 1.12 bits per heavy atom. The Morgan fingerprint density at radius 2 is 1.96 bits per heavy atom. The maximum Gasteiger partial charge on any atom is 0.222 e. The molecule has 0 unspecified atom stereocenters. The molecule has 0 spiro atoms. The summed E-state index contributed by atoms with van der Waals surface area (Å²) in [5.41, 5.74) is 0. The highest BCUT2D eigenvalue weighted by atomic mass is 16.5. The van der Waals surface area contributed by atoms with Gasteiger partial charge in [0.25, 0.3) is 0 Å². The summed E-state index contributed by atoms with van der Waals surface area (Å²) < 4.78 is 5.37. The third-order valence-electron chi connectivity index (χ3n) is 4.67. The summed E-state index contributed by atoms with van der Waals surface area (Å²) in [4.78, 5) is 20.6. The van der Waals surface area contributed by atoms with Gasteiger partial charge in [-0.2, -0.15) is 0 Å². The second-order valence-corrected chi connectivity index (χ2v) is 6.69. The molecule has 2 aliphatic heterocycles. The topological polar surface area (TPSA) is 69.2 Å². The summed E-state index contributed by atoms with van der Waals surface area (Å²) >= 11 is 0. The van der Waals surface area contributed by atoms with Crippen LogP contribution < -0.4 is 10.6 Å². The number of unbranched alkanes of at least 4 members (excludes halogenated alkanes) is 1. The lowest BCUT2D eigenvalue weighted by Crippen LogP contribution is -2.39. The molecule has 2 aliphatic rings. The Morgan fingerprint density at radius 3 is 2.68 bits per heavy atom. The third kappa shape index (κ3) is 8.05. The number of guanidine groups is 1. The van der Waals surface area contributed by atoms with Crippen LogP contribution in [0.1, 0.15) is 39.0 Å². The number of carbonyl (C=O) groups is 1. The normalized spacial score (nSPS) is 19.5. The van der Waals surface area contributed by atoms with Gasteiger partial charge in [0.2, 0.25) is 5.91 Å². The second kappa shape index (κ2) is 12.1. The summed E-state index contributed by atoms with van der Waals surface area (Å²) in [7, 11) is 0. The zero-order valence-electron chi connectivity index (χ0n) is 15.8. The van der Waals surface area contributed by atoms with Crippen LogP contribution in [0.2, 0.25) is 0 Å². The van der Waals surface area contributed by atoms with Gasteiger partial charge >= 0.3 is 0 Å². The average Bonchev–Trinajstić information content (AvgIpc) is 3.04. The van der Waals surface area contributed by atoms with E-state index in [1.807, 2.05) is 4.90 Å². The van der Waals surface area contributed by atoms with Crippen molar-refractivity contribution < 1.29 is 9.53 Å². The molecule has 2 rings (SSSR count). The number of rotatable bonds is 10. The average molecular weight is 354 g/mol. The van der Waals surface area contributed by atoms with E-state index in [4.69, 9.17) is 4.74 Å². The van der Waals surface area contributed by atoms with Crippen molar-refractivity contribution in [3.8, 4) is 0 Å². The van der Waals surface area contributed by atoms with Crippen molar-refractivity contribution >= 4 is 11.9 Å². The molecule has 0 aliphatic carbocycles. The standard InChI is InChI=1S/C18H35N5O2/c1-2-19-18(21-9-6-12-23-11-5-7-17(23)24)20-8-3-4-10-22-13-15-25-16-14-22/h2-16H2,1H3,(H2,19,20,21). The van der Waals surface area contributed by atoms with Gasteiger partial charge < -0.3 is 20.3 Å². The minimum Gasteiger partial charge on any atom is -0.379 e. The Balaban J connectivity index is 1.54. The van der Waals surface area contributed by atoms with Gasteiger partial charge in [-0.1, -0.05) is 0 Å². The number of ether oxygens (including phenoxy) is 1. The van der Waals surface area contributed by atoms with Crippen LogP contribution in [0.25, 0.3) is 0 Å². The van der Waals surface area contributed by atoms with E-state index < -0.39 is 0 Å². The van der Waals surface area contributed by atoms with Crippen molar-refractivity contribution in [3.63, 3.8) is 0 Å². The molecule has 2 N–H and O–H groups in total. The molecule has 1 amide bonds. The molecule has 25 heavy (non-hydrogen) atoms. The summed E-state index contributed by atoms with van der Waals surface area (Å²) in [6.07, 6.45) is 5.00.